The van der Waals surface area contributed by atoms with Gasteiger partial charge in [-0.15, -0.1) is 0 Å². The molecule has 0 aliphatic carbocycles. The van der Waals surface area contributed by atoms with Crippen LogP contribution in [0.2, 0.25) is 0 Å². The van der Waals surface area contributed by atoms with Crippen molar-refractivity contribution in [3.8, 4) is 11.8 Å². The quantitative estimate of drug-likeness (QED) is 0.508. The number of rotatable bonds is 3. The summed E-state index contributed by atoms with van der Waals surface area (Å²) in [6.07, 6.45) is 1.68. The lowest BCUT2D eigenvalue weighted by atomic mass is 10.2. The maximum Gasteiger partial charge on any atom is 0.117 e. The van der Waals surface area contributed by atoms with Gasteiger partial charge in [-0.1, -0.05) is 17.9 Å². The smallest absolute Gasteiger partial charge is 0.117 e. The fourth-order valence-corrected chi connectivity index (χ4v) is 0.619. The lowest BCUT2D eigenvalue weighted by Crippen LogP contribution is -2.19. The second-order valence-electron chi connectivity index (χ2n) is 2.38. The molecular formula is C9H14O3. The van der Waals surface area contributed by atoms with Crippen molar-refractivity contribution < 1.29 is 15.3 Å². The van der Waals surface area contributed by atoms with Crippen LogP contribution in [-0.2, 0) is 0 Å². The van der Waals surface area contributed by atoms with Crippen LogP contribution in [0.4, 0.5) is 0 Å². The number of aliphatic hydroxyl groups is 3. The van der Waals surface area contributed by atoms with Gasteiger partial charge in [0.15, 0.2) is 0 Å². The molecule has 0 bridgehead atoms. The average Bonchev–Trinajstić information content (AvgIpc) is 2.05. The number of allylic oxidation sites excluding steroid dienone is 2. The molecule has 0 amide bonds. The van der Waals surface area contributed by atoms with Crippen molar-refractivity contribution >= 4 is 0 Å². The Morgan fingerprint density at radius 2 is 2.08 bits per heavy atom. The first kappa shape index (κ1) is 11.2. The van der Waals surface area contributed by atoms with Gasteiger partial charge in [0.05, 0.1) is 12.7 Å². The highest BCUT2D eigenvalue weighted by molar-refractivity contribution is 5.17. The van der Waals surface area contributed by atoms with E-state index >= 15 is 0 Å². The minimum Gasteiger partial charge on any atom is -0.394 e. The van der Waals surface area contributed by atoms with Gasteiger partial charge in [0.1, 0.15) is 6.10 Å². The molecule has 0 spiro atoms. The number of aliphatic hydroxyl groups excluding tert-OH is 3. The molecule has 3 nitrogen and oxygen atoms in total. The molecule has 3 heteroatoms. The molecule has 0 radical (unpaired) electrons. The Kier molecular flexibility index (Phi) is 6.39. The highest BCUT2D eigenvalue weighted by Gasteiger charge is 2.07. The lowest BCUT2D eigenvalue weighted by Gasteiger charge is -2.07. The Hall–Kier alpha value is -0.820. The molecule has 0 saturated heterocycles. The lowest BCUT2D eigenvalue weighted by molar-refractivity contribution is 0.0580. The summed E-state index contributed by atoms with van der Waals surface area (Å²) in [6.45, 7) is 1.48. The normalized spacial score (nSPS) is 15.3. The predicted octanol–water partition coefficient (Wildman–Crippen LogP) is -0.330. The van der Waals surface area contributed by atoms with Crippen LogP contribution in [0.25, 0.3) is 0 Å². The maximum atomic E-state index is 9.10. The molecule has 0 aromatic carbocycles. The zero-order valence-corrected chi connectivity index (χ0v) is 7.07. The van der Waals surface area contributed by atoms with E-state index in [1.807, 2.05) is 6.92 Å². The average molecular weight is 170 g/mol. The SMILES string of the molecule is C/C=C\C#CC(O)CC(O)CO. The Labute approximate surface area is 72.4 Å². The van der Waals surface area contributed by atoms with Crippen LogP contribution >= 0.6 is 0 Å². The molecule has 0 aromatic rings. The van der Waals surface area contributed by atoms with Gasteiger partial charge in [0, 0.05) is 6.42 Å². The molecule has 2 atom stereocenters. The molecule has 12 heavy (non-hydrogen) atoms. The van der Waals surface area contributed by atoms with Gasteiger partial charge in [-0.05, 0) is 13.0 Å². The molecule has 2 unspecified atom stereocenters. The zero-order chi connectivity index (χ0) is 9.40. The van der Waals surface area contributed by atoms with Crippen molar-refractivity contribution in [1.82, 2.24) is 0 Å². The van der Waals surface area contributed by atoms with Gasteiger partial charge < -0.3 is 15.3 Å². The first-order valence-electron chi connectivity index (χ1n) is 3.80. The van der Waals surface area contributed by atoms with E-state index in [-0.39, 0.29) is 13.0 Å². The Morgan fingerprint density at radius 3 is 2.58 bits per heavy atom. The minimum atomic E-state index is -0.889. The second kappa shape index (κ2) is 6.86. The minimum absolute atomic E-state index is 0.0844. The van der Waals surface area contributed by atoms with Gasteiger partial charge in [-0.3, -0.25) is 0 Å². The monoisotopic (exact) mass is 170 g/mol. The largest absolute Gasteiger partial charge is 0.394 e. The van der Waals surface area contributed by atoms with Crippen LogP contribution in [0.15, 0.2) is 12.2 Å². The molecule has 0 aromatic heterocycles. The molecule has 0 fully saturated rings. The van der Waals surface area contributed by atoms with Crippen molar-refractivity contribution in [1.29, 1.82) is 0 Å². The van der Waals surface area contributed by atoms with E-state index in [4.69, 9.17) is 15.3 Å². The van der Waals surface area contributed by atoms with Crippen LogP contribution in [0, 0.1) is 11.8 Å². The van der Waals surface area contributed by atoms with Crippen molar-refractivity contribution in [2.75, 3.05) is 6.61 Å². The summed E-state index contributed by atoms with van der Waals surface area (Å²) in [6, 6.07) is 0. The van der Waals surface area contributed by atoms with Crippen molar-refractivity contribution in [2.24, 2.45) is 0 Å². The first-order valence-corrected chi connectivity index (χ1v) is 3.80. The van der Waals surface area contributed by atoms with Gasteiger partial charge >= 0.3 is 0 Å². The third kappa shape index (κ3) is 5.93. The fourth-order valence-electron chi connectivity index (χ4n) is 0.619. The highest BCUT2D eigenvalue weighted by Crippen LogP contribution is 1.95. The summed E-state index contributed by atoms with van der Waals surface area (Å²) in [4.78, 5) is 0. The van der Waals surface area contributed by atoms with Crippen LogP contribution in [0.3, 0.4) is 0 Å². The molecule has 0 aliphatic heterocycles. The third-order valence-electron chi connectivity index (χ3n) is 1.21. The van der Waals surface area contributed by atoms with E-state index in [2.05, 4.69) is 11.8 Å². The van der Waals surface area contributed by atoms with Crippen LogP contribution < -0.4 is 0 Å². The summed E-state index contributed by atoms with van der Waals surface area (Å²) in [7, 11) is 0. The van der Waals surface area contributed by atoms with Crippen LogP contribution in [-0.4, -0.2) is 34.1 Å². The van der Waals surface area contributed by atoms with E-state index in [1.165, 1.54) is 0 Å². The predicted molar refractivity (Wildman–Crippen MR) is 46.3 cm³/mol. The summed E-state index contributed by atoms with van der Waals surface area (Å²) >= 11 is 0. The summed E-state index contributed by atoms with van der Waals surface area (Å²) in [5.74, 6) is 5.09. The third-order valence-corrected chi connectivity index (χ3v) is 1.21. The Balaban J connectivity index is 3.74. The second-order valence-corrected chi connectivity index (χ2v) is 2.38. The van der Waals surface area contributed by atoms with Gasteiger partial charge in [-0.25, -0.2) is 0 Å². The molecule has 68 valence electrons. The van der Waals surface area contributed by atoms with Gasteiger partial charge in [0.2, 0.25) is 0 Å². The molecule has 0 aliphatic rings. The van der Waals surface area contributed by atoms with E-state index in [9.17, 15) is 0 Å². The van der Waals surface area contributed by atoms with E-state index in [0.717, 1.165) is 0 Å². The summed E-state index contributed by atoms with van der Waals surface area (Å²) in [5, 5.41) is 26.4. The molecule has 0 heterocycles. The fraction of sp³-hybridized carbons (Fsp3) is 0.556. The van der Waals surface area contributed by atoms with Crippen LogP contribution in [0.5, 0.6) is 0 Å². The summed E-state index contributed by atoms with van der Waals surface area (Å²) in [5.41, 5.74) is 0. The standard InChI is InChI=1S/C9H14O3/c1-2-3-4-5-8(11)6-9(12)7-10/h2-3,8-12H,6-7H2,1H3/b3-2-. The number of hydrogen-bond donors (Lipinski definition) is 3. The molecule has 0 saturated carbocycles. The Morgan fingerprint density at radius 1 is 1.42 bits per heavy atom. The van der Waals surface area contributed by atoms with Crippen molar-refractivity contribution in [3.63, 3.8) is 0 Å². The van der Waals surface area contributed by atoms with Crippen LogP contribution in [0.1, 0.15) is 13.3 Å². The van der Waals surface area contributed by atoms with Gasteiger partial charge in [0.25, 0.3) is 0 Å². The first-order chi connectivity index (χ1) is 5.70. The van der Waals surface area contributed by atoms with E-state index < -0.39 is 12.2 Å². The molecule has 0 rings (SSSR count). The van der Waals surface area contributed by atoms with Crippen molar-refractivity contribution in [3.05, 3.63) is 12.2 Å². The van der Waals surface area contributed by atoms with E-state index in [1.54, 1.807) is 12.2 Å². The van der Waals surface area contributed by atoms with Crippen molar-refractivity contribution in [2.45, 2.75) is 25.6 Å². The molecular weight excluding hydrogens is 156 g/mol. The number of hydrogen-bond acceptors (Lipinski definition) is 3. The van der Waals surface area contributed by atoms with Gasteiger partial charge in [-0.2, -0.15) is 0 Å². The Bertz CT molecular complexity index is 188. The molecule has 3 N–H and O–H groups in total. The zero-order valence-electron chi connectivity index (χ0n) is 7.07. The topological polar surface area (TPSA) is 60.7 Å². The van der Waals surface area contributed by atoms with E-state index in [0.29, 0.717) is 0 Å². The maximum absolute atomic E-state index is 9.10. The highest BCUT2D eigenvalue weighted by atomic mass is 16.3. The summed E-state index contributed by atoms with van der Waals surface area (Å²) < 4.78 is 0.